The van der Waals surface area contributed by atoms with Gasteiger partial charge in [-0.25, -0.2) is 8.42 Å². The van der Waals surface area contributed by atoms with Crippen LogP contribution in [-0.2, 0) is 20.9 Å². The predicted molar refractivity (Wildman–Crippen MR) is 117 cm³/mol. The number of halogens is 1. The molecule has 0 aromatic heterocycles. The van der Waals surface area contributed by atoms with Crippen LogP contribution >= 0.6 is 12.4 Å². The monoisotopic (exact) mass is 420 g/mol. The molecule has 6 heteroatoms. The summed E-state index contributed by atoms with van der Waals surface area (Å²) in [6.07, 6.45) is 2.24. The summed E-state index contributed by atoms with van der Waals surface area (Å²) in [5, 5.41) is 3.44. The number of hydrogen-bond donors (Lipinski definition) is 2. The van der Waals surface area contributed by atoms with Crippen molar-refractivity contribution in [2.45, 2.75) is 49.3 Å². The van der Waals surface area contributed by atoms with Crippen LogP contribution < -0.4 is 10.0 Å². The third kappa shape index (κ3) is 3.68. The summed E-state index contributed by atoms with van der Waals surface area (Å²) < 4.78 is 28.2. The molecular weight excluding hydrogens is 392 g/mol. The van der Waals surface area contributed by atoms with Crippen LogP contribution in [0, 0.1) is 5.92 Å². The number of rotatable bonds is 6. The minimum absolute atomic E-state index is 0. The van der Waals surface area contributed by atoms with Crippen LogP contribution in [0.3, 0.4) is 0 Å². The normalized spacial score (nSPS) is 23.6. The van der Waals surface area contributed by atoms with Crippen molar-refractivity contribution in [3.8, 4) is 0 Å². The summed E-state index contributed by atoms with van der Waals surface area (Å²) in [7, 11) is -3.58. The van der Waals surface area contributed by atoms with Gasteiger partial charge in [0.2, 0.25) is 0 Å². The third-order valence-electron chi connectivity index (χ3n) is 6.61. The highest BCUT2D eigenvalue weighted by Gasteiger charge is 2.57. The van der Waals surface area contributed by atoms with Gasteiger partial charge < -0.3 is 5.32 Å². The molecule has 0 spiro atoms. The lowest BCUT2D eigenvalue weighted by atomic mass is 9.82. The highest BCUT2D eigenvalue weighted by molar-refractivity contribution is 7.92. The molecule has 2 fully saturated rings. The van der Waals surface area contributed by atoms with Crippen LogP contribution in [0.5, 0.6) is 0 Å². The molecule has 1 heterocycles. The zero-order valence-corrected chi connectivity index (χ0v) is 18.3. The maximum absolute atomic E-state index is 12.7. The van der Waals surface area contributed by atoms with Gasteiger partial charge in [0, 0.05) is 17.6 Å². The number of sulfonamides is 1. The summed E-state index contributed by atoms with van der Waals surface area (Å²) in [5.74, 6) is 0.742. The van der Waals surface area contributed by atoms with Crippen molar-refractivity contribution < 1.29 is 8.42 Å². The van der Waals surface area contributed by atoms with Gasteiger partial charge in [-0.15, -0.1) is 12.4 Å². The van der Waals surface area contributed by atoms with Gasteiger partial charge in [-0.3, -0.25) is 4.72 Å². The first kappa shape index (κ1) is 21.2. The van der Waals surface area contributed by atoms with E-state index < -0.39 is 10.0 Å². The molecule has 28 heavy (non-hydrogen) atoms. The van der Waals surface area contributed by atoms with Crippen LogP contribution in [0.1, 0.15) is 44.7 Å². The van der Waals surface area contributed by atoms with Crippen molar-refractivity contribution in [1.82, 2.24) is 5.32 Å². The Balaban J connectivity index is 0.00000225. The number of nitrogens with one attached hydrogen (secondary N) is 2. The fourth-order valence-electron chi connectivity index (χ4n) is 4.16. The standard InChI is InChI=1S/C22H28N2O2S.ClH/c1-4-21(2,3)16-7-11-20(12-8-16)27(25,26)24-19-9-5-17(6-10-19)22-13-18(22)14-23-15-22;/h5-12,18,23-24H,4,13-15H2,1-3H3;1H/t18-,22?;/m1./s1. The van der Waals surface area contributed by atoms with Crippen LogP contribution in [0.25, 0.3) is 0 Å². The molecular formula is C22H29ClN2O2S. The first-order valence-corrected chi connectivity index (χ1v) is 11.2. The van der Waals surface area contributed by atoms with E-state index in [9.17, 15) is 8.42 Å². The van der Waals surface area contributed by atoms with Gasteiger partial charge >= 0.3 is 0 Å². The number of anilines is 1. The van der Waals surface area contributed by atoms with Gasteiger partial charge in [0.25, 0.3) is 10.0 Å². The molecule has 1 unspecified atom stereocenters. The summed E-state index contributed by atoms with van der Waals surface area (Å²) >= 11 is 0. The van der Waals surface area contributed by atoms with E-state index in [2.05, 4.69) is 42.9 Å². The third-order valence-corrected chi connectivity index (χ3v) is 8.00. The Kier molecular flexibility index (Phi) is 5.56. The molecule has 152 valence electrons. The fraction of sp³-hybridized carbons (Fsp3) is 0.455. The molecule has 2 aromatic carbocycles. The largest absolute Gasteiger partial charge is 0.316 e. The second-order valence-corrected chi connectivity index (χ2v) is 10.3. The smallest absolute Gasteiger partial charge is 0.261 e. The van der Waals surface area contributed by atoms with E-state index in [1.54, 1.807) is 12.1 Å². The Morgan fingerprint density at radius 2 is 1.75 bits per heavy atom. The van der Waals surface area contributed by atoms with E-state index in [4.69, 9.17) is 0 Å². The Hall–Kier alpha value is -1.56. The molecule has 1 saturated carbocycles. The number of hydrogen-bond acceptors (Lipinski definition) is 3. The molecule has 2 aliphatic rings. The summed E-state index contributed by atoms with van der Waals surface area (Å²) in [6.45, 7) is 8.60. The molecule has 4 nitrogen and oxygen atoms in total. The molecule has 1 saturated heterocycles. The molecule has 0 radical (unpaired) electrons. The predicted octanol–water partition coefficient (Wildman–Crippen LogP) is 4.46. The number of benzene rings is 2. The Labute approximate surface area is 174 Å². The average Bonchev–Trinajstić information content (AvgIpc) is 3.22. The van der Waals surface area contributed by atoms with Gasteiger partial charge in [0.05, 0.1) is 4.90 Å². The van der Waals surface area contributed by atoms with E-state index in [0.29, 0.717) is 16.0 Å². The molecule has 0 bridgehead atoms. The quantitative estimate of drug-likeness (QED) is 0.725. The van der Waals surface area contributed by atoms with E-state index >= 15 is 0 Å². The molecule has 0 amide bonds. The van der Waals surface area contributed by atoms with Crippen LogP contribution in [0.15, 0.2) is 53.4 Å². The summed E-state index contributed by atoms with van der Waals surface area (Å²) in [6, 6.07) is 15.1. The van der Waals surface area contributed by atoms with Crippen molar-refractivity contribution in [2.75, 3.05) is 17.8 Å². The Morgan fingerprint density at radius 3 is 2.25 bits per heavy atom. The minimum atomic E-state index is -3.58. The van der Waals surface area contributed by atoms with Crippen molar-refractivity contribution in [2.24, 2.45) is 5.92 Å². The second kappa shape index (κ2) is 7.36. The Bertz CT molecular complexity index is 940. The first-order valence-electron chi connectivity index (χ1n) is 9.71. The van der Waals surface area contributed by atoms with Gasteiger partial charge in [-0.1, -0.05) is 45.0 Å². The maximum atomic E-state index is 12.7. The van der Waals surface area contributed by atoms with Gasteiger partial charge in [0.15, 0.2) is 0 Å². The highest BCUT2D eigenvalue weighted by atomic mass is 35.5. The maximum Gasteiger partial charge on any atom is 0.261 e. The zero-order valence-electron chi connectivity index (χ0n) is 16.7. The van der Waals surface area contributed by atoms with Crippen LogP contribution in [-0.4, -0.2) is 21.5 Å². The lowest BCUT2D eigenvalue weighted by Gasteiger charge is -2.23. The topological polar surface area (TPSA) is 58.2 Å². The second-order valence-electron chi connectivity index (χ2n) is 8.63. The zero-order chi connectivity index (χ0) is 19.3. The van der Waals surface area contributed by atoms with Crippen molar-refractivity contribution in [3.63, 3.8) is 0 Å². The Morgan fingerprint density at radius 1 is 1.11 bits per heavy atom. The van der Waals surface area contributed by atoms with Gasteiger partial charge in [-0.05, 0) is 66.1 Å². The first-order chi connectivity index (χ1) is 12.8. The van der Waals surface area contributed by atoms with Crippen molar-refractivity contribution >= 4 is 28.1 Å². The van der Waals surface area contributed by atoms with E-state index in [1.165, 1.54) is 12.0 Å². The SMILES string of the molecule is CCC(C)(C)c1ccc(S(=O)(=O)Nc2ccc(C34CNC[C@H]3C4)cc2)cc1.Cl. The summed E-state index contributed by atoms with van der Waals surface area (Å²) in [4.78, 5) is 0.295. The number of fused-ring (bicyclic) bond motifs is 1. The lowest BCUT2D eigenvalue weighted by molar-refractivity contribution is 0.506. The summed E-state index contributed by atoms with van der Waals surface area (Å²) in [5.41, 5.74) is 3.40. The van der Waals surface area contributed by atoms with Gasteiger partial charge in [-0.2, -0.15) is 0 Å². The van der Waals surface area contributed by atoms with Crippen molar-refractivity contribution in [1.29, 1.82) is 0 Å². The van der Waals surface area contributed by atoms with Gasteiger partial charge in [0.1, 0.15) is 0 Å². The van der Waals surface area contributed by atoms with E-state index in [-0.39, 0.29) is 17.8 Å². The van der Waals surface area contributed by atoms with Crippen LogP contribution in [0.4, 0.5) is 5.69 Å². The van der Waals surface area contributed by atoms with E-state index in [1.807, 2.05) is 24.3 Å². The molecule has 2 atom stereocenters. The molecule has 2 N–H and O–H groups in total. The molecule has 1 aliphatic heterocycles. The van der Waals surface area contributed by atoms with Crippen molar-refractivity contribution in [3.05, 3.63) is 59.7 Å². The lowest BCUT2D eigenvalue weighted by Crippen LogP contribution is -2.19. The molecule has 4 rings (SSSR count). The fourth-order valence-corrected chi connectivity index (χ4v) is 5.22. The molecule has 2 aromatic rings. The van der Waals surface area contributed by atoms with E-state index in [0.717, 1.165) is 31.0 Å². The highest BCUT2D eigenvalue weighted by Crippen LogP contribution is 2.56. The average molecular weight is 421 g/mol. The number of piperidine rings is 1. The minimum Gasteiger partial charge on any atom is -0.316 e. The van der Waals surface area contributed by atoms with Crippen LogP contribution in [0.2, 0.25) is 0 Å². The molecule has 1 aliphatic carbocycles.